The van der Waals surface area contributed by atoms with E-state index >= 15 is 0 Å². The zero-order valence-corrected chi connectivity index (χ0v) is 20.2. The Balaban J connectivity index is 2.40. The SMILES string of the molecule is CCN(CC(=O)NC(C)C)C(=O)c1cc(S(=O)(=O)N(C)c2ccccc2OC)ccc1C. The highest BCUT2D eigenvalue weighted by molar-refractivity contribution is 7.92. The Kier molecular flexibility index (Phi) is 8.26. The quantitative estimate of drug-likeness (QED) is 0.620. The minimum absolute atomic E-state index is 0.0254. The van der Waals surface area contributed by atoms with Crippen molar-refractivity contribution in [1.29, 1.82) is 0 Å². The van der Waals surface area contributed by atoms with E-state index in [0.29, 0.717) is 23.5 Å². The van der Waals surface area contributed by atoms with Gasteiger partial charge in [0.2, 0.25) is 5.91 Å². The highest BCUT2D eigenvalue weighted by Crippen LogP contribution is 2.31. The number of likely N-dealkylation sites (N-methyl/N-ethyl adjacent to an activating group) is 1. The zero-order valence-electron chi connectivity index (χ0n) is 19.4. The third kappa shape index (κ3) is 5.59. The summed E-state index contributed by atoms with van der Waals surface area (Å²) in [5.41, 5.74) is 1.24. The van der Waals surface area contributed by atoms with Crippen molar-refractivity contribution in [3.05, 3.63) is 53.6 Å². The molecule has 174 valence electrons. The normalized spacial score (nSPS) is 11.2. The molecule has 2 aromatic carbocycles. The van der Waals surface area contributed by atoms with Gasteiger partial charge in [-0.25, -0.2) is 8.42 Å². The number of anilines is 1. The Morgan fingerprint density at radius 3 is 2.38 bits per heavy atom. The maximum absolute atomic E-state index is 13.3. The number of benzene rings is 2. The summed E-state index contributed by atoms with van der Waals surface area (Å²) in [5.74, 6) is -0.260. The number of hydrogen-bond donors (Lipinski definition) is 1. The molecule has 0 aromatic heterocycles. The van der Waals surface area contributed by atoms with Crippen molar-refractivity contribution in [2.45, 2.75) is 38.6 Å². The van der Waals surface area contributed by atoms with E-state index in [2.05, 4.69) is 5.32 Å². The number of nitrogens with one attached hydrogen (secondary N) is 1. The van der Waals surface area contributed by atoms with Crippen molar-refractivity contribution in [3.8, 4) is 5.75 Å². The number of aryl methyl sites for hydroxylation is 1. The van der Waals surface area contributed by atoms with Crippen LogP contribution in [0, 0.1) is 6.92 Å². The van der Waals surface area contributed by atoms with Gasteiger partial charge in [-0.05, 0) is 57.5 Å². The second kappa shape index (κ2) is 10.5. The fraction of sp³-hybridized carbons (Fsp3) is 0.391. The standard InChI is InChI=1S/C23H31N3O5S/c1-7-26(15-22(27)24-16(2)3)23(28)19-14-18(13-12-17(19)4)32(29,30)25(5)20-10-8-9-11-21(20)31-6/h8-14,16H,7,15H2,1-6H3,(H,24,27). The molecular formula is C23H31N3O5S. The van der Waals surface area contributed by atoms with Gasteiger partial charge in [0, 0.05) is 25.2 Å². The van der Waals surface area contributed by atoms with Crippen LogP contribution < -0.4 is 14.4 Å². The van der Waals surface area contributed by atoms with Gasteiger partial charge in [0.15, 0.2) is 0 Å². The molecular weight excluding hydrogens is 430 g/mol. The molecule has 0 spiro atoms. The van der Waals surface area contributed by atoms with Gasteiger partial charge in [-0.2, -0.15) is 0 Å². The van der Waals surface area contributed by atoms with E-state index in [1.165, 1.54) is 31.2 Å². The van der Waals surface area contributed by atoms with Crippen LogP contribution >= 0.6 is 0 Å². The van der Waals surface area contributed by atoms with Crippen LogP contribution in [-0.2, 0) is 14.8 Å². The molecule has 2 amide bonds. The van der Waals surface area contributed by atoms with Crippen molar-refractivity contribution >= 4 is 27.5 Å². The molecule has 0 bridgehead atoms. The third-order valence-corrected chi connectivity index (χ3v) is 6.74. The van der Waals surface area contributed by atoms with Crippen LogP contribution in [0.4, 0.5) is 5.69 Å². The van der Waals surface area contributed by atoms with E-state index < -0.39 is 15.9 Å². The van der Waals surface area contributed by atoms with Crippen molar-refractivity contribution in [2.75, 3.05) is 31.6 Å². The summed E-state index contributed by atoms with van der Waals surface area (Å²) in [4.78, 5) is 26.7. The number of amides is 2. The zero-order chi connectivity index (χ0) is 24.1. The Bertz CT molecular complexity index is 1080. The first kappa shape index (κ1) is 25.2. The number of hydrogen-bond acceptors (Lipinski definition) is 5. The number of carbonyl (C=O) groups excluding carboxylic acids is 2. The maximum Gasteiger partial charge on any atom is 0.264 e. The lowest BCUT2D eigenvalue weighted by Crippen LogP contribution is -2.42. The van der Waals surface area contributed by atoms with E-state index in [9.17, 15) is 18.0 Å². The average Bonchev–Trinajstić information content (AvgIpc) is 2.76. The summed E-state index contributed by atoms with van der Waals surface area (Å²) in [6.07, 6.45) is 0. The van der Waals surface area contributed by atoms with E-state index in [1.807, 2.05) is 13.8 Å². The van der Waals surface area contributed by atoms with Crippen LogP contribution in [0.25, 0.3) is 0 Å². The van der Waals surface area contributed by atoms with Crippen molar-refractivity contribution < 1.29 is 22.7 Å². The van der Waals surface area contributed by atoms with Gasteiger partial charge in [0.25, 0.3) is 15.9 Å². The number of para-hydroxylation sites is 2. The molecule has 0 aliphatic carbocycles. The molecule has 2 aromatic rings. The molecule has 0 radical (unpaired) electrons. The Morgan fingerprint density at radius 2 is 1.78 bits per heavy atom. The lowest BCUT2D eigenvalue weighted by atomic mass is 10.1. The second-order valence-electron chi connectivity index (χ2n) is 7.66. The molecule has 9 heteroatoms. The van der Waals surface area contributed by atoms with E-state index in [-0.39, 0.29) is 29.0 Å². The van der Waals surface area contributed by atoms with Gasteiger partial charge >= 0.3 is 0 Å². The number of sulfonamides is 1. The molecule has 32 heavy (non-hydrogen) atoms. The molecule has 2 rings (SSSR count). The van der Waals surface area contributed by atoms with E-state index in [0.717, 1.165) is 4.31 Å². The van der Waals surface area contributed by atoms with Gasteiger partial charge < -0.3 is 15.0 Å². The average molecular weight is 462 g/mol. The molecule has 0 fully saturated rings. The van der Waals surface area contributed by atoms with Gasteiger partial charge in [0.1, 0.15) is 5.75 Å². The first-order chi connectivity index (χ1) is 15.0. The summed E-state index contributed by atoms with van der Waals surface area (Å²) in [6.45, 7) is 7.38. The third-order valence-electron chi connectivity index (χ3n) is 4.98. The topological polar surface area (TPSA) is 96.0 Å². The molecule has 0 aliphatic rings. The Morgan fingerprint density at radius 1 is 1.12 bits per heavy atom. The minimum Gasteiger partial charge on any atom is -0.495 e. The maximum atomic E-state index is 13.3. The largest absolute Gasteiger partial charge is 0.495 e. The molecule has 0 saturated heterocycles. The lowest BCUT2D eigenvalue weighted by Gasteiger charge is -2.24. The Hall–Kier alpha value is -3.07. The van der Waals surface area contributed by atoms with Gasteiger partial charge in [-0.1, -0.05) is 18.2 Å². The van der Waals surface area contributed by atoms with Crippen LogP contribution in [0.2, 0.25) is 0 Å². The van der Waals surface area contributed by atoms with Crippen LogP contribution in [-0.4, -0.2) is 58.4 Å². The molecule has 8 nitrogen and oxygen atoms in total. The summed E-state index contributed by atoms with van der Waals surface area (Å²) < 4.78 is 33.0. The van der Waals surface area contributed by atoms with E-state index in [1.54, 1.807) is 44.2 Å². The van der Waals surface area contributed by atoms with E-state index in [4.69, 9.17) is 4.74 Å². The number of ether oxygens (including phenoxy) is 1. The molecule has 0 saturated carbocycles. The monoisotopic (exact) mass is 461 g/mol. The van der Waals surface area contributed by atoms with Crippen molar-refractivity contribution in [3.63, 3.8) is 0 Å². The lowest BCUT2D eigenvalue weighted by molar-refractivity contribution is -0.122. The highest BCUT2D eigenvalue weighted by atomic mass is 32.2. The summed E-state index contributed by atoms with van der Waals surface area (Å²) in [7, 11) is -1.06. The molecule has 1 N–H and O–H groups in total. The van der Waals surface area contributed by atoms with Crippen LogP contribution in [0.3, 0.4) is 0 Å². The number of nitrogens with zero attached hydrogens (tertiary/aromatic N) is 2. The van der Waals surface area contributed by atoms with Crippen LogP contribution in [0.1, 0.15) is 36.7 Å². The molecule has 0 heterocycles. The predicted molar refractivity (Wildman–Crippen MR) is 125 cm³/mol. The van der Waals surface area contributed by atoms with Crippen molar-refractivity contribution in [1.82, 2.24) is 10.2 Å². The summed E-state index contributed by atoms with van der Waals surface area (Å²) in [6, 6.07) is 11.2. The first-order valence-corrected chi connectivity index (χ1v) is 11.8. The highest BCUT2D eigenvalue weighted by Gasteiger charge is 2.26. The number of carbonyl (C=O) groups is 2. The molecule has 0 atom stereocenters. The van der Waals surface area contributed by atoms with Gasteiger partial charge in [0.05, 0.1) is 24.2 Å². The first-order valence-electron chi connectivity index (χ1n) is 10.3. The smallest absolute Gasteiger partial charge is 0.264 e. The second-order valence-corrected chi connectivity index (χ2v) is 9.63. The fourth-order valence-electron chi connectivity index (χ4n) is 3.21. The number of methoxy groups -OCH3 is 1. The molecule has 0 unspecified atom stereocenters. The van der Waals surface area contributed by atoms with Crippen LogP contribution in [0.15, 0.2) is 47.4 Å². The number of rotatable bonds is 9. The van der Waals surface area contributed by atoms with Crippen LogP contribution in [0.5, 0.6) is 5.75 Å². The van der Waals surface area contributed by atoms with Gasteiger partial charge in [-0.3, -0.25) is 13.9 Å². The summed E-state index contributed by atoms with van der Waals surface area (Å²) >= 11 is 0. The predicted octanol–water partition coefficient (Wildman–Crippen LogP) is 2.82. The minimum atomic E-state index is -3.97. The summed E-state index contributed by atoms with van der Waals surface area (Å²) in [5, 5.41) is 2.76. The molecule has 0 aliphatic heterocycles. The van der Waals surface area contributed by atoms with Crippen molar-refractivity contribution in [2.24, 2.45) is 0 Å². The fourth-order valence-corrected chi connectivity index (χ4v) is 4.44. The van der Waals surface area contributed by atoms with Gasteiger partial charge in [-0.15, -0.1) is 0 Å². The Labute approximate surface area is 190 Å².